The highest BCUT2D eigenvalue weighted by atomic mass is 19.2. The predicted molar refractivity (Wildman–Crippen MR) is 69.3 cm³/mol. The fourth-order valence-corrected chi connectivity index (χ4v) is 1.69. The van der Waals surface area contributed by atoms with E-state index >= 15 is 0 Å². The molecule has 2 aromatic carbocycles. The molecule has 0 fully saturated rings. The molecule has 4 heteroatoms. The van der Waals surface area contributed by atoms with Crippen molar-refractivity contribution in [2.24, 2.45) is 0 Å². The molecule has 2 rings (SSSR count). The summed E-state index contributed by atoms with van der Waals surface area (Å²) in [5, 5.41) is 3.15. The molecular formula is C14H14F2N2. The van der Waals surface area contributed by atoms with E-state index in [9.17, 15) is 8.78 Å². The maximum Gasteiger partial charge on any atom is 0.159 e. The quantitative estimate of drug-likeness (QED) is 0.816. The van der Waals surface area contributed by atoms with Crippen LogP contribution in [0.2, 0.25) is 0 Å². The zero-order valence-corrected chi connectivity index (χ0v) is 10.0. The molecule has 0 aliphatic rings. The van der Waals surface area contributed by atoms with Gasteiger partial charge in [0.2, 0.25) is 0 Å². The lowest BCUT2D eigenvalue weighted by molar-refractivity contribution is 0.507. The Hall–Kier alpha value is -2.10. The lowest BCUT2D eigenvalue weighted by Gasteiger charge is -2.11. The van der Waals surface area contributed by atoms with E-state index in [1.807, 2.05) is 25.1 Å². The van der Waals surface area contributed by atoms with Crippen molar-refractivity contribution in [1.29, 1.82) is 0 Å². The first-order chi connectivity index (χ1) is 8.58. The molecule has 2 nitrogen and oxygen atoms in total. The van der Waals surface area contributed by atoms with Gasteiger partial charge in [0.15, 0.2) is 11.6 Å². The second-order valence-electron chi connectivity index (χ2n) is 4.12. The Morgan fingerprint density at radius 2 is 1.89 bits per heavy atom. The highest BCUT2D eigenvalue weighted by molar-refractivity contribution is 5.62. The number of rotatable bonds is 3. The third kappa shape index (κ3) is 2.59. The number of benzene rings is 2. The van der Waals surface area contributed by atoms with Gasteiger partial charge in [-0.15, -0.1) is 0 Å². The Labute approximate surface area is 104 Å². The second-order valence-corrected chi connectivity index (χ2v) is 4.12. The lowest BCUT2D eigenvalue weighted by atomic mass is 10.1. The number of nitrogens with two attached hydrogens (primary N) is 1. The smallest absolute Gasteiger partial charge is 0.159 e. The molecule has 0 heterocycles. The molecule has 3 N–H and O–H groups in total. The third-order valence-electron chi connectivity index (χ3n) is 2.84. The molecule has 0 unspecified atom stereocenters. The Balaban J connectivity index is 2.11. The number of hydrogen-bond acceptors (Lipinski definition) is 2. The van der Waals surface area contributed by atoms with Gasteiger partial charge < -0.3 is 11.1 Å². The molecule has 0 atom stereocenters. The minimum Gasteiger partial charge on any atom is -0.398 e. The molecule has 0 aromatic heterocycles. The van der Waals surface area contributed by atoms with Crippen molar-refractivity contribution in [3.8, 4) is 0 Å². The van der Waals surface area contributed by atoms with Crippen LogP contribution in [0.15, 0.2) is 36.4 Å². The standard InChI is InChI=1S/C14H14F2N2/c1-9-13(17)3-2-4-14(9)18-8-10-5-6-11(15)12(16)7-10/h2-7,18H,8,17H2,1H3. The number of hydrogen-bond donors (Lipinski definition) is 2. The Morgan fingerprint density at radius 1 is 1.11 bits per heavy atom. The molecule has 0 saturated carbocycles. The third-order valence-corrected chi connectivity index (χ3v) is 2.84. The van der Waals surface area contributed by atoms with E-state index in [-0.39, 0.29) is 0 Å². The van der Waals surface area contributed by atoms with Crippen molar-refractivity contribution in [2.75, 3.05) is 11.1 Å². The van der Waals surface area contributed by atoms with Crippen LogP contribution in [0.3, 0.4) is 0 Å². The first-order valence-corrected chi connectivity index (χ1v) is 5.61. The van der Waals surface area contributed by atoms with Crippen LogP contribution in [-0.2, 0) is 6.54 Å². The van der Waals surface area contributed by atoms with E-state index in [0.29, 0.717) is 17.8 Å². The molecule has 0 spiro atoms. The number of anilines is 2. The average Bonchev–Trinajstić information content (AvgIpc) is 2.35. The lowest BCUT2D eigenvalue weighted by Crippen LogP contribution is -2.03. The van der Waals surface area contributed by atoms with Crippen molar-refractivity contribution >= 4 is 11.4 Å². The van der Waals surface area contributed by atoms with Gasteiger partial charge in [0.25, 0.3) is 0 Å². The van der Waals surface area contributed by atoms with Gasteiger partial charge in [-0.3, -0.25) is 0 Å². The minimum atomic E-state index is -0.835. The summed E-state index contributed by atoms with van der Waals surface area (Å²) < 4.78 is 25.8. The number of halogens is 2. The molecule has 18 heavy (non-hydrogen) atoms. The van der Waals surface area contributed by atoms with E-state index < -0.39 is 11.6 Å². The second kappa shape index (κ2) is 5.04. The van der Waals surface area contributed by atoms with Crippen LogP contribution >= 0.6 is 0 Å². The molecule has 0 radical (unpaired) electrons. The van der Waals surface area contributed by atoms with Crippen LogP contribution in [0.1, 0.15) is 11.1 Å². The fraction of sp³-hybridized carbons (Fsp3) is 0.143. The maximum absolute atomic E-state index is 13.0. The van der Waals surface area contributed by atoms with Gasteiger partial charge in [0.1, 0.15) is 0 Å². The normalized spacial score (nSPS) is 10.4. The number of nitrogens with one attached hydrogen (secondary N) is 1. The number of nitrogen functional groups attached to an aromatic ring is 1. The first kappa shape index (κ1) is 12.4. The van der Waals surface area contributed by atoms with Gasteiger partial charge in [0, 0.05) is 17.9 Å². The zero-order chi connectivity index (χ0) is 13.1. The van der Waals surface area contributed by atoms with E-state index in [0.717, 1.165) is 17.3 Å². The molecule has 0 aliphatic carbocycles. The largest absolute Gasteiger partial charge is 0.398 e. The Kier molecular flexibility index (Phi) is 3.46. The summed E-state index contributed by atoms with van der Waals surface area (Å²) in [6.45, 7) is 2.32. The highest BCUT2D eigenvalue weighted by Crippen LogP contribution is 2.21. The summed E-state index contributed by atoms with van der Waals surface area (Å²) in [4.78, 5) is 0. The molecule has 0 saturated heterocycles. The Morgan fingerprint density at radius 3 is 2.61 bits per heavy atom. The van der Waals surface area contributed by atoms with Crippen LogP contribution in [-0.4, -0.2) is 0 Å². The van der Waals surface area contributed by atoms with Gasteiger partial charge in [-0.2, -0.15) is 0 Å². The SMILES string of the molecule is Cc1c(N)cccc1NCc1ccc(F)c(F)c1. The van der Waals surface area contributed by atoms with E-state index in [4.69, 9.17) is 5.73 Å². The summed E-state index contributed by atoms with van der Waals surface area (Å²) in [5.74, 6) is -1.67. The highest BCUT2D eigenvalue weighted by Gasteiger charge is 2.04. The predicted octanol–water partition coefficient (Wildman–Crippen LogP) is 3.47. The van der Waals surface area contributed by atoms with Crippen molar-refractivity contribution < 1.29 is 8.78 Å². The Bertz CT molecular complexity index is 568. The van der Waals surface area contributed by atoms with E-state index in [1.165, 1.54) is 6.07 Å². The molecule has 94 valence electrons. The van der Waals surface area contributed by atoms with Gasteiger partial charge in [-0.05, 0) is 42.3 Å². The first-order valence-electron chi connectivity index (χ1n) is 5.61. The summed E-state index contributed by atoms with van der Waals surface area (Å²) in [6.07, 6.45) is 0. The van der Waals surface area contributed by atoms with Crippen molar-refractivity contribution in [3.05, 3.63) is 59.2 Å². The van der Waals surface area contributed by atoms with Crippen LogP contribution in [0.25, 0.3) is 0 Å². The maximum atomic E-state index is 13.0. The van der Waals surface area contributed by atoms with Crippen LogP contribution in [0.4, 0.5) is 20.2 Å². The molecule has 0 bridgehead atoms. The van der Waals surface area contributed by atoms with Gasteiger partial charge in [-0.1, -0.05) is 12.1 Å². The molecule has 0 amide bonds. The minimum absolute atomic E-state index is 0.418. The fourth-order valence-electron chi connectivity index (χ4n) is 1.69. The van der Waals surface area contributed by atoms with E-state index in [1.54, 1.807) is 6.07 Å². The topological polar surface area (TPSA) is 38.0 Å². The van der Waals surface area contributed by atoms with Gasteiger partial charge >= 0.3 is 0 Å². The summed E-state index contributed by atoms with van der Waals surface area (Å²) >= 11 is 0. The monoisotopic (exact) mass is 248 g/mol. The summed E-state index contributed by atoms with van der Waals surface area (Å²) in [6, 6.07) is 9.41. The van der Waals surface area contributed by atoms with Gasteiger partial charge in [0.05, 0.1) is 0 Å². The van der Waals surface area contributed by atoms with Crippen molar-refractivity contribution in [2.45, 2.75) is 13.5 Å². The molecule has 0 aliphatic heterocycles. The van der Waals surface area contributed by atoms with Crippen molar-refractivity contribution in [1.82, 2.24) is 0 Å². The average molecular weight is 248 g/mol. The molecular weight excluding hydrogens is 234 g/mol. The van der Waals surface area contributed by atoms with Crippen LogP contribution in [0, 0.1) is 18.6 Å². The summed E-state index contributed by atoms with van der Waals surface area (Å²) in [5.41, 5.74) is 8.99. The van der Waals surface area contributed by atoms with Crippen molar-refractivity contribution in [3.63, 3.8) is 0 Å². The zero-order valence-electron chi connectivity index (χ0n) is 10.0. The molecule has 2 aromatic rings. The van der Waals surface area contributed by atoms with Crippen LogP contribution in [0.5, 0.6) is 0 Å². The van der Waals surface area contributed by atoms with Gasteiger partial charge in [-0.25, -0.2) is 8.78 Å². The van der Waals surface area contributed by atoms with Crippen LogP contribution < -0.4 is 11.1 Å². The van der Waals surface area contributed by atoms with E-state index in [2.05, 4.69) is 5.32 Å². The summed E-state index contributed by atoms with van der Waals surface area (Å²) in [7, 11) is 0.